The number of nitrogens with one attached hydrogen (secondary N) is 2. The maximum Gasteiger partial charge on any atom is 0.251 e. The molecular weight excluding hydrogens is 314 g/mol. The molecule has 1 aliphatic heterocycles. The van der Waals surface area contributed by atoms with Gasteiger partial charge in [-0.3, -0.25) is 20.1 Å². The van der Waals surface area contributed by atoms with E-state index in [0.717, 1.165) is 67.1 Å². The first-order valence-electron chi connectivity index (χ1n) is 9.20. The van der Waals surface area contributed by atoms with Crippen LogP contribution in [0.3, 0.4) is 0 Å². The number of hydrogen-bond donors (Lipinski definition) is 2. The number of H-pyrrole nitrogens is 1. The van der Waals surface area contributed by atoms with E-state index in [1.807, 2.05) is 25.3 Å². The van der Waals surface area contributed by atoms with Gasteiger partial charge in [0.1, 0.15) is 0 Å². The number of fused-ring (bicyclic) bond motifs is 1. The molecule has 2 N–H and O–H groups in total. The maximum absolute atomic E-state index is 12.0. The first kappa shape index (κ1) is 16.3. The molecule has 2 aromatic heterocycles. The lowest BCUT2D eigenvalue weighted by atomic mass is 10.1. The molecule has 0 bridgehead atoms. The highest BCUT2D eigenvalue weighted by Crippen LogP contribution is 2.31. The first-order chi connectivity index (χ1) is 12.1. The number of pyridine rings is 2. The lowest BCUT2D eigenvalue weighted by Crippen LogP contribution is -2.48. The third kappa shape index (κ3) is 3.44. The van der Waals surface area contributed by atoms with Crippen LogP contribution in [-0.2, 0) is 13.0 Å². The predicted octanol–water partition coefficient (Wildman–Crippen LogP) is 1.99. The van der Waals surface area contributed by atoms with Crippen molar-refractivity contribution in [3.63, 3.8) is 0 Å². The Kier molecular flexibility index (Phi) is 4.29. The summed E-state index contributed by atoms with van der Waals surface area (Å²) in [6.07, 6.45) is 5.02. The molecule has 0 amide bonds. The molecule has 1 saturated heterocycles. The molecular formula is C19H25N5O. The fraction of sp³-hybridized carbons (Fsp3) is 0.526. The minimum absolute atomic E-state index is 0.0128. The van der Waals surface area contributed by atoms with Crippen molar-refractivity contribution in [1.82, 2.24) is 19.8 Å². The molecule has 0 atom stereocenters. The minimum atomic E-state index is -0.0128. The highest BCUT2D eigenvalue weighted by Gasteiger charge is 2.31. The predicted molar refractivity (Wildman–Crippen MR) is 99.0 cm³/mol. The fourth-order valence-corrected chi connectivity index (χ4v) is 3.54. The van der Waals surface area contributed by atoms with Crippen LogP contribution in [0, 0.1) is 11.3 Å². The van der Waals surface area contributed by atoms with Gasteiger partial charge in [-0.1, -0.05) is 6.92 Å². The molecule has 4 rings (SSSR count). The molecule has 0 spiro atoms. The SMILES string of the molecule is CCc1cc2ncc(CN3CCN(C(=N)C4CC4)CC3)cc2[nH]c1=O. The molecule has 2 aliphatic rings. The van der Waals surface area contributed by atoms with Gasteiger partial charge in [0.15, 0.2) is 0 Å². The minimum Gasteiger partial charge on any atom is -0.358 e. The van der Waals surface area contributed by atoms with E-state index in [1.54, 1.807) is 0 Å². The average Bonchev–Trinajstić information content (AvgIpc) is 3.46. The molecule has 6 nitrogen and oxygen atoms in total. The zero-order chi connectivity index (χ0) is 17.4. The van der Waals surface area contributed by atoms with Crippen molar-refractivity contribution in [2.24, 2.45) is 5.92 Å². The summed E-state index contributed by atoms with van der Waals surface area (Å²) in [4.78, 5) is 24.1. The number of aryl methyl sites for hydroxylation is 1. The molecule has 25 heavy (non-hydrogen) atoms. The summed E-state index contributed by atoms with van der Waals surface area (Å²) in [6, 6.07) is 3.93. The molecule has 1 aliphatic carbocycles. The van der Waals surface area contributed by atoms with Crippen LogP contribution in [-0.4, -0.2) is 51.8 Å². The van der Waals surface area contributed by atoms with Crippen LogP contribution < -0.4 is 5.56 Å². The summed E-state index contributed by atoms with van der Waals surface area (Å²) in [5, 5.41) is 8.19. The van der Waals surface area contributed by atoms with Crippen molar-refractivity contribution < 1.29 is 0 Å². The number of rotatable bonds is 4. The van der Waals surface area contributed by atoms with Gasteiger partial charge in [-0.15, -0.1) is 0 Å². The second kappa shape index (κ2) is 6.59. The summed E-state index contributed by atoms with van der Waals surface area (Å²) in [6.45, 7) is 6.63. The highest BCUT2D eigenvalue weighted by atomic mass is 16.1. The summed E-state index contributed by atoms with van der Waals surface area (Å²) in [5.41, 5.74) is 3.55. The largest absolute Gasteiger partial charge is 0.358 e. The molecule has 3 heterocycles. The van der Waals surface area contributed by atoms with Gasteiger partial charge in [0.2, 0.25) is 0 Å². The molecule has 0 unspecified atom stereocenters. The number of hydrogen-bond acceptors (Lipinski definition) is 4. The van der Waals surface area contributed by atoms with Gasteiger partial charge >= 0.3 is 0 Å². The van der Waals surface area contributed by atoms with Crippen LogP contribution in [0.25, 0.3) is 11.0 Å². The molecule has 0 aromatic carbocycles. The Morgan fingerprint density at radius 2 is 2.04 bits per heavy atom. The Hall–Kier alpha value is -2.21. The monoisotopic (exact) mass is 339 g/mol. The average molecular weight is 339 g/mol. The fourth-order valence-electron chi connectivity index (χ4n) is 3.54. The topological polar surface area (TPSA) is 76.1 Å². The van der Waals surface area contributed by atoms with Gasteiger partial charge in [0.05, 0.1) is 16.9 Å². The van der Waals surface area contributed by atoms with E-state index >= 15 is 0 Å². The number of aromatic amines is 1. The molecule has 6 heteroatoms. The second-order valence-corrected chi connectivity index (χ2v) is 7.18. The van der Waals surface area contributed by atoms with Crippen molar-refractivity contribution in [2.45, 2.75) is 32.7 Å². The van der Waals surface area contributed by atoms with Gasteiger partial charge in [-0.2, -0.15) is 0 Å². The van der Waals surface area contributed by atoms with Crippen LogP contribution in [0.15, 0.2) is 23.1 Å². The van der Waals surface area contributed by atoms with Crippen LogP contribution in [0.4, 0.5) is 0 Å². The number of aromatic nitrogens is 2. The standard InChI is InChI=1S/C19H25N5O/c1-2-14-10-16-17(22-19(14)25)9-13(11-21-16)12-23-5-7-24(8-6-23)18(20)15-3-4-15/h9-11,15,20H,2-8,12H2,1H3,(H,22,25). The quantitative estimate of drug-likeness (QED) is 0.660. The lowest BCUT2D eigenvalue weighted by molar-refractivity contribution is 0.172. The smallest absolute Gasteiger partial charge is 0.251 e. The van der Waals surface area contributed by atoms with E-state index < -0.39 is 0 Å². The zero-order valence-corrected chi connectivity index (χ0v) is 14.7. The highest BCUT2D eigenvalue weighted by molar-refractivity contribution is 5.83. The summed E-state index contributed by atoms with van der Waals surface area (Å²) in [7, 11) is 0. The van der Waals surface area contributed by atoms with Crippen LogP contribution in [0.5, 0.6) is 0 Å². The number of piperazine rings is 1. The third-order valence-electron chi connectivity index (χ3n) is 5.29. The molecule has 2 fully saturated rings. The van der Waals surface area contributed by atoms with Gasteiger partial charge in [0.25, 0.3) is 5.56 Å². The molecule has 0 radical (unpaired) electrons. The van der Waals surface area contributed by atoms with Crippen molar-refractivity contribution >= 4 is 16.9 Å². The number of nitrogens with zero attached hydrogens (tertiary/aromatic N) is 3. The van der Waals surface area contributed by atoms with E-state index in [1.165, 1.54) is 12.8 Å². The summed E-state index contributed by atoms with van der Waals surface area (Å²) in [5.74, 6) is 1.37. The normalized spacial score (nSPS) is 18.7. The van der Waals surface area contributed by atoms with Crippen molar-refractivity contribution in [3.8, 4) is 0 Å². The van der Waals surface area contributed by atoms with Crippen molar-refractivity contribution in [2.75, 3.05) is 26.2 Å². The number of amidine groups is 1. The van der Waals surface area contributed by atoms with Gasteiger partial charge in [0, 0.05) is 50.4 Å². The van der Waals surface area contributed by atoms with E-state index in [-0.39, 0.29) is 5.56 Å². The summed E-state index contributed by atoms with van der Waals surface area (Å²) < 4.78 is 0. The lowest BCUT2D eigenvalue weighted by Gasteiger charge is -2.36. The second-order valence-electron chi connectivity index (χ2n) is 7.18. The zero-order valence-electron chi connectivity index (χ0n) is 14.7. The molecule has 132 valence electrons. The van der Waals surface area contributed by atoms with E-state index in [4.69, 9.17) is 5.41 Å². The van der Waals surface area contributed by atoms with Crippen LogP contribution >= 0.6 is 0 Å². The van der Waals surface area contributed by atoms with Crippen LogP contribution in [0.2, 0.25) is 0 Å². The maximum atomic E-state index is 12.0. The summed E-state index contributed by atoms with van der Waals surface area (Å²) >= 11 is 0. The van der Waals surface area contributed by atoms with E-state index in [9.17, 15) is 4.79 Å². The molecule has 2 aromatic rings. The Bertz CT molecular complexity index is 847. The first-order valence-corrected chi connectivity index (χ1v) is 9.20. The van der Waals surface area contributed by atoms with Gasteiger partial charge in [-0.05, 0) is 37.0 Å². The van der Waals surface area contributed by atoms with Crippen molar-refractivity contribution in [1.29, 1.82) is 5.41 Å². The Balaban J connectivity index is 1.42. The van der Waals surface area contributed by atoms with Crippen LogP contribution in [0.1, 0.15) is 30.9 Å². The molecule has 1 saturated carbocycles. The Morgan fingerprint density at radius 1 is 1.28 bits per heavy atom. The third-order valence-corrected chi connectivity index (χ3v) is 5.29. The van der Waals surface area contributed by atoms with E-state index in [2.05, 4.69) is 19.8 Å². The van der Waals surface area contributed by atoms with Gasteiger partial charge < -0.3 is 9.88 Å². The van der Waals surface area contributed by atoms with Gasteiger partial charge in [-0.25, -0.2) is 0 Å². The Labute approximate surface area is 147 Å². The Morgan fingerprint density at radius 3 is 2.72 bits per heavy atom. The van der Waals surface area contributed by atoms with Crippen molar-refractivity contribution in [3.05, 3.63) is 39.8 Å². The van der Waals surface area contributed by atoms with E-state index in [0.29, 0.717) is 5.92 Å².